The van der Waals surface area contributed by atoms with Crippen LogP contribution in [-0.2, 0) is 11.2 Å². The van der Waals surface area contributed by atoms with E-state index in [0.29, 0.717) is 29.4 Å². The van der Waals surface area contributed by atoms with Crippen LogP contribution in [0.3, 0.4) is 0 Å². The van der Waals surface area contributed by atoms with Crippen LogP contribution in [0.2, 0.25) is 0 Å². The number of anilines is 1. The second-order valence-electron chi connectivity index (χ2n) is 6.97. The zero-order chi connectivity index (χ0) is 15.2. The fourth-order valence-corrected chi connectivity index (χ4v) is 4.54. The van der Waals surface area contributed by atoms with Gasteiger partial charge in [-0.25, -0.2) is 4.99 Å². The molecule has 4 heteroatoms. The molecule has 22 heavy (non-hydrogen) atoms. The molecule has 1 saturated heterocycles. The summed E-state index contributed by atoms with van der Waals surface area (Å²) in [5, 5.41) is 3.25. The van der Waals surface area contributed by atoms with Crippen molar-refractivity contribution in [1.82, 2.24) is 0 Å². The van der Waals surface area contributed by atoms with Gasteiger partial charge in [-0.2, -0.15) is 0 Å². The Morgan fingerprint density at radius 3 is 2.77 bits per heavy atom. The summed E-state index contributed by atoms with van der Waals surface area (Å²) in [7, 11) is 0. The third kappa shape index (κ3) is 2.04. The molecule has 0 bridgehead atoms. The first-order chi connectivity index (χ1) is 10.7. The molecule has 3 N–H and O–H groups in total. The minimum absolute atomic E-state index is 0.305. The summed E-state index contributed by atoms with van der Waals surface area (Å²) in [5.41, 5.74) is 8.82. The van der Waals surface area contributed by atoms with Crippen LogP contribution in [0.4, 0.5) is 5.69 Å². The first-order valence-corrected chi connectivity index (χ1v) is 8.54. The topological polar surface area (TPSA) is 59.6 Å². The first kappa shape index (κ1) is 14.1. The number of rotatable bonds is 3. The van der Waals surface area contributed by atoms with Gasteiger partial charge in [-0.05, 0) is 43.4 Å². The zero-order valence-electron chi connectivity index (χ0n) is 13.2. The van der Waals surface area contributed by atoms with E-state index < -0.39 is 0 Å². The van der Waals surface area contributed by atoms with Gasteiger partial charge in [0.15, 0.2) is 5.96 Å². The summed E-state index contributed by atoms with van der Waals surface area (Å²) in [4.78, 5) is 4.84. The Balaban J connectivity index is 1.47. The minimum Gasteiger partial charge on any atom is -0.377 e. The van der Waals surface area contributed by atoms with Crippen LogP contribution in [0.15, 0.2) is 29.3 Å². The Morgan fingerprint density at radius 2 is 2.14 bits per heavy atom. The van der Waals surface area contributed by atoms with Crippen molar-refractivity contribution < 1.29 is 4.74 Å². The Kier molecular flexibility index (Phi) is 3.37. The SMILES string of the molecule is CCc1ccc(NC(N)=NC2C3CCOC3C23CCC3)cc1. The van der Waals surface area contributed by atoms with E-state index in [4.69, 9.17) is 15.5 Å². The van der Waals surface area contributed by atoms with Crippen LogP contribution in [0.1, 0.15) is 38.2 Å². The largest absolute Gasteiger partial charge is 0.377 e. The highest BCUT2D eigenvalue weighted by atomic mass is 16.5. The lowest BCUT2D eigenvalue weighted by atomic mass is 9.46. The maximum Gasteiger partial charge on any atom is 0.193 e. The fourth-order valence-electron chi connectivity index (χ4n) is 4.54. The van der Waals surface area contributed by atoms with Crippen LogP contribution in [-0.4, -0.2) is 24.7 Å². The van der Waals surface area contributed by atoms with Gasteiger partial charge >= 0.3 is 0 Å². The summed E-state index contributed by atoms with van der Waals surface area (Å²) in [5.74, 6) is 1.13. The molecule has 0 radical (unpaired) electrons. The van der Waals surface area contributed by atoms with Gasteiger partial charge in [-0.3, -0.25) is 0 Å². The Bertz CT molecular complexity index is 576. The number of nitrogens with zero attached hydrogens (tertiary/aromatic N) is 1. The van der Waals surface area contributed by atoms with Gasteiger partial charge in [0.2, 0.25) is 0 Å². The molecule has 4 nitrogen and oxygen atoms in total. The molecule has 3 unspecified atom stereocenters. The van der Waals surface area contributed by atoms with Gasteiger partial charge < -0.3 is 15.8 Å². The van der Waals surface area contributed by atoms with Crippen LogP contribution >= 0.6 is 0 Å². The average molecular weight is 299 g/mol. The minimum atomic E-state index is 0.305. The fraction of sp³-hybridized carbons (Fsp3) is 0.611. The number of hydrogen-bond acceptors (Lipinski definition) is 2. The number of aliphatic imine (C=N–C) groups is 1. The van der Waals surface area contributed by atoms with Crippen molar-refractivity contribution in [3.8, 4) is 0 Å². The molecule has 0 amide bonds. The number of aryl methyl sites for hydroxylation is 1. The van der Waals surface area contributed by atoms with Crippen molar-refractivity contribution in [1.29, 1.82) is 0 Å². The van der Waals surface area contributed by atoms with E-state index in [1.54, 1.807) is 0 Å². The molecule has 3 aliphatic rings. The molecule has 1 spiro atoms. The van der Waals surface area contributed by atoms with Crippen molar-refractivity contribution >= 4 is 11.6 Å². The highest BCUT2D eigenvalue weighted by molar-refractivity contribution is 5.92. The second-order valence-corrected chi connectivity index (χ2v) is 6.97. The van der Waals surface area contributed by atoms with E-state index in [2.05, 4.69) is 36.5 Å². The van der Waals surface area contributed by atoms with E-state index in [-0.39, 0.29) is 0 Å². The maximum absolute atomic E-state index is 6.17. The van der Waals surface area contributed by atoms with E-state index in [9.17, 15) is 0 Å². The molecule has 3 atom stereocenters. The van der Waals surface area contributed by atoms with Crippen molar-refractivity contribution in [2.24, 2.45) is 22.1 Å². The van der Waals surface area contributed by atoms with E-state index in [0.717, 1.165) is 25.1 Å². The zero-order valence-corrected chi connectivity index (χ0v) is 13.2. The van der Waals surface area contributed by atoms with E-state index >= 15 is 0 Å². The van der Waals surface area contributed by atoms with Gasteiger partial charge in [0.05, 0.1) is 12.1 Å². The van der Waals surface area contributed by atoms with Gasteiger partial charge in [-0.15, -0.1) is 0 Å². The molecule has 2 aliphatic carbocycles. The number of nitrogens with one attached hydrogen (secondary N) is 1. The Hall–Kier alpha value is -1.55. The van der Waals surface area contributed by atoms with Gasteiger partial charge in [0, 0.05) is 23.6 Å². The molecule has 4 rings (SSSR count). The number of ether oxygens (including phenoxy) is 1. The van der Waals surface area contributed by atoms with Crippen molar-refractivity contribution in [3.05, 3.63) is 29.8 Å². The van der Waals surface area contributed by atoms with E-state index in [1.165, 1.54) is 24.8 Å². The Morgan fingerprint density at radius 1 is 1.36 bits per heavy atom. The lowest BCUT2D eigenvalue weighted by Crippen LogP contribution is -2.65. The average Bonchev–Trinajstić information content (AvgIpc) is 2.89. The molecule has 3 fully saturated rings. The third-order valence-corrected chi connectivity index (χ3v) is 5.90. The molecule has 1 aromatic carbocycles. The highest BCUT2D eigenvalue weighted by Crippen LogP contribution is 2.64. The molecule has 2 saturated carbocycles. The number of hydrogen-bond donors (Lipinski definition) is 2. The molecular formula is C18H25N3O. The molecule has 1 aromatic rings. The summed E-state index contributed by atoms with van der Waals surface area (Å²) < 4.78 is 5.93. The predicted octanol–water partition coefficient (Wildman–Crippen LogP) is 2.93. The maximum atomic E-state index is 6.17. The molecule has 118 valence electrons. The Labute approximate surface area is 132 Å². The summed E-state index contributed by atoms with van der Waals surface area (Å²) in [6.45, 7) is 3.06. The van der Waals surface area contributed by atoms with Gasteiger partial charge in [0.25, 0.3) is 0 Å². The van der Waals surface area contributed by atoms with Crippen LogP contribution in [0.25, 0.3) is 0 Å². The standard InChI is InChI=1S/C18H25N3O/c1-2-12-4-6-13(7-5-12)20-17(19)21-15-14-8-11-22-16(14)18(15)9-3-10-18/h4-7,14-16H,2-3,8-11H2,1H3,(H3,19,20,21). The lowest BCUT2D eigenvalue weighted by Gasteiger charge is -2.61. The van der Waals surface area contributed by atoms with Crippen molar-refractivity contribution in [2.75, 3.05) is 11.9 Å². The number of fused-ring (bicyclic) bond motifs is 2. The van der Waals surface area contributed by atoms with Crippen LogP contribution < -0.4 is 11.1 Å². The highest BCUT2D eigenvalue weighted by Gasteiger charge is 2.66. The monoisotopic (exact) mass is 299 g/mol. The molecule has 1 aliphatic heterocycles. The summed E-state index contributed by atoms with van der Waals surface area (Å²) >= 11 is 0. The molecular weight excluding hydrogens is 274 g/mol. The van der Waals surface area contributed by atoms with Crippen LogP contribution in [0, 0.1) is 11.3 Å². The van der Waals surface area contributed by atoms with Crippen molar-refractivity contribution in [2.45, 2.75) is 51.2 Å². The number of guanidine groups is 1. The predicted molar refractivity (Wildman–Crippen MR) is 89.0 cm³/mol. The van der Waals surface area contributed by atoms with Crippen molar-refractivity contribution in [3.63, 3.8) is 0 Å². The molecule has 1 heterocycles. The van der Waals surface area contributed by atoms with Gasteiger partial charge in [0.1, 0.15) is 0 Å². The lowest BCUT2D eigenvalue weighted by molar-refractivity contribution is -0.164. The third-order valence-electron chi connectivity index (χ3n) is 5.90. The summed E-state index contributed by atoms with van der Waals surface area (Å²) in [6, 6.07) is 8.77. The van der Waals surface area contributed by atoms with Gasteiger partial charge in [-0.1, -0.05) is 25.5 Å². The van der Waals surface area contributed by atoms with Crippen LogP contribution in [0.5, 0.6) is 0 Å². The quantitative estimate of drug-likeness (QED) is 0.666. The molecule has 0 aromatic heterocycles. The smallest absolute Gasteiger partial charge is 0.193 e. The second kappa shape index (κ2) is 5.27. The summed E-state index contributed by atoms with van der Waals surface area (Å²) in [6.07, 6.45) is 6.45. The number of benzene rings is 1. The normalized spacial score (nSPS) is 32.2. The number of nitrogens with two attached hydrogens (primary N) is 1. The van der Waals surface area contributed by atoms with E-state index in [1.807, 2.05) is 0 Å². The first-order valence-electron chi connectivity index (χ1n) is 8.54.